The molecule has 1 fully saturated rings. The molecule has 4 rings (SSSR count). The highest BCUT2D eigenvalue weighted by Crippen LogP contribution is 2.44. The van der Waals surface area contributed by atoms with E-state index in [0.717, 1.165) is 5.56 Å². The number of rotatable bonds is 9. The number of hydrogen-bond acceptors (Lipinski definition) is 9. The van der Waals surface area contributed by atoms with Gasteiger partial charge in [-0.3, -0.25) is 0 Å². The van der Waals surface area contributed by atoms with Gasteiger partial charge in [0, 0.05) is 55.6 Å². The highest BCUT2D eigenvalue weighted by atomic mass is 19.3. The van der Waals surface area contributed by atoms with Crippen LogP contribution in [0.15, 0.2) is 30.3 Å². The fourth-order valence-corrected chi connectivity index (χ4v) is 5.56. The van der Waals surface area contributed by atoms with E-state index in [9.17, 15) is 13.6 Å². The summed E-state index contributed by atoms with van der Waals surface area (Å²) in [5.74, 6) is -1.55. The molecule has 12 heteroatoms. The van der Waals surface area contributed by atoms with Gasteiger partial charge in [-0.1, -0.05) is 0 Å². The Morgan fingerprint density at radius 1 is 1.09 bits per heavy atom. The number of halogens is 2. The third kappa shape index (κ3) is 7.13. The van der Waals surface area contributed by atoms with Gasteiger partial charge < -0.3 is 34.9 Å². The summed E-state index contributed by atoms with van der Waals surface area (Å²) in [7, 11) is 4.47. The summed E-state index contributed by atoms with van der Waals surface area (Å²) in [5, 5.41) is 4.09. The number of nitrogen functional groups attached to an aromatic ring is 1. The number of ether oxygens (including phenoxy) is 4. The molecular formula is C32H43F2N5O5. The molecule has 44 heavy (non-hydrogen) atoms. The molecular weight excluding hydrogens is 572 g/mol. The van der Waals surface area contributed by atoms with Crippen LogP contribution in [0, 0.1) is 6.92 Å². The lowest BCUT2D eigenvalue weighted by Crippen LogP contribution is -2.47. The van der Waals surface area contributed by atoms with Gasteiger partial charge in [-0.25, -0.2) is 14.8 Å². The molecule has 0 radical (unpaired) electrons. The van der Waals surface area contributed by atoms with Crippen LogP contribution in [-0.2, 0) is 25.7 Å². The number of anilines is 2. The maximum atomic E-state index is 14.7. The van der Waals surface area contributed by atoms with E-state index in [0.29, 0.717) is 59.8 Å². The van der Waals surface area contributed by atoms with Gasteiger partial charge in [-0.05, 0) is 77.3 Å². The minimum Gasteiger partial charge on any atom is -0.496 e. The first-order valence-electron chi connectivity index (χ1n) is 14.6. The molecule has 3 N–H and O–H groups in total. The number of carbonyl (C=O) groups excluding carboxylic acids is 1. The Bertz CT molecular complexity index is 1500. The summed E-state index contributed by atoms with van der Waals surface area (Å²) in [6.07, 6.45) is 0.665. The van der Waals surface area contributed by atoms with Crippen molar-refractivity contribution in [3.8, 4) is 5.75 Å². The van der Waals surface area contributed by atoms with Crippen LogP contribution in [0.5, 0.6) is 5.75 Å². The number of alkyl halides is 2. The zero-order valence-electron chi connectivity index (χ0n) is 26.7. The first-order valence-corrected chi connectivity index (χ1v) is 14.6. The Morgan fingerprint density at radius 2 is 1.77 bits per heavy atom. The van der Waals surface area contributed by atoms with E-state index < -0.39 is 29.8 Å². The van der Waals surface area contributed by atoms with Crippen molar-refractivity contribution in [3.63, 3.8) is 0 Å². The van der Waals surface area contributed by atoms with Gasteiger partial charge in [0.15, 0.2) is 0 Å². The van der Waals surface area contributed by atoms with Gasteiger partial charge in [0.05, 0.1) is 24.3 Å². The number of fused-ring (bicyclic) bond motifs is 1. The van der Waals surface area contributed by atoms with Crippen molar-refractivity contribution < 1.29 is 32.5 Å². The van der Waals surface area contributed by atoms with E-state index >= 15 is 0 Å². The molecule has 240 valence electrons. The predicted molar refractivity (Wildman–Crippen MR) is 165 cm³/mol. The van der Waals surface area contributed by atoms with Crippen molar-refractivity contribution in [2.24, 2.45) is 0 Å². The van der Waals surface area contributed by atoms with E-state index in [2.05, 4.69) is 15.3 Å². The Hall–Kier alpha value is -3.77. The van der Waals surface area contributed by atoms with E-state index in [1.54, 1.807) is 32.1 Å². The summed E-state index contributed by atoms with van der Waals surface area (Å²) >= 11 is 0. The van der Waals surface area contributed by atoms with Crippen LogP contribution in [-0.4, -0.2) is 67.6 Å². The molecule has 10 nitrogen and oxygen atoms in total. The normalized spacial score (nSPS) is 16.1. The molecule has 0 bridgehead atoms. The molecule has 1 aromatic heterocycles. The van der Waals surface area contributed by atoms with Gasteiger partial charge in [0.25, 0.3) is 5.92 Å². The second kappa shape index (κ2) is 12.7. The number of methoxy groups -OCH3 is 3. The highest BCUT2D eigenvalue weighted by Gasteiger charge is 2.41. The summed E-state index contributed by atoms with van der Waals surface area (Å²) in [5.41, 5.74) is 6.70. The van der Waals surface area contributed by atoms with Crippen molar-refractivity contribution in [2.45, 2.75) is 70.6 Å². The monoisotopic (exact) mass is 615 g/mol. The van der Waals surface area contributed by atoms with Crippen molar-refractivity contribution in [1.29, 1.82) is 0 Å². The zero-order valence-corrected chi connectivity index (χ0v) is 26.7. The lowest BCUT2D eigenvalue weighted by molar-refractivity contribution is -0.0698. The van der Waals surface area contributed by atoms with Gasteiger partial charge in [-0.2, -0.15) is 8.78 Å². The Morgan fingerprint density at radius 3 is 2.36 bits per heavy atom. The molecule has 1 atom stereocenters. The number of nitrogens with one attached hydrogen (secondary N) is 1. The van der Waals surface area contributed by atoms with Gasteiger partial charge in [0.1, 0.15) is 29.6 Å². The molecule has 0 aliphatic carbocycles. The van der Waals surface area contributed by atoms with Crippen LogP contribution in [0.1, 0.15) is 69.1 Å². The summed E-state index contributed by atoms with van der Waals surface area (Å²) < 4.78 is 51.7. The van der Waals surface area contributed by atoms with Crippen LogP contribution < -0.4 is 15.8 Å². The van der Waals surface area contributed by atoms with Gasteiger partial charge >= 0.3 is 6.09 Å². The average molecular weight is 616 g/mol. The maximum Gasteiger partial charge on any atom is 0.410 e. The van der Waals surface area contributed by atoms with Gasteiger partial charge in [-0.15, -0.1) is 0 Å². The second-order valence-electron chi connectivity index (χ2n) is 12.2. The van der Waals surface area contributed by atoms with Crippen molar-refractivity contribution in [3.05, 3.63) is 52.8 Å². The standard InChI is InChI=1S/C32H43F2N5O5/c1-19(21-13-22(15-23(35)14-21)32(33,34)18-41-6)36-28-24-16-25(27(42-7)17-26(24)37-20(2)38-28)31(43-8)9-11-39(12-10-31)29(40)44-30(3,4)5/h13-17,19H,9-12,18,35H2,1-8H3,(H,36,37,38)/t19-/m1/s1. The Labute approximate surface area is 257 Å². The van der Waals surface area contributed by atoms with Crippen LogP contribution in [0.4, 0.5) is 25.1 Å². The number of likely N-dealkylation sites (tertiary alicyclic amines) is 1. The van der Waals surface area contributed by atoms with Crippen LogP contribution >= 0.6 is 0 Å². The number of carbonyl (C=O) groups is 1. The molecule has 0 unspecified atom stereocenters. The molecule has 1 saturated heterocycles. The van der Waals surface area contributed by atoms with Gasteiger partial charge in [0.2, 0.25) is 0 Å². The topological polar surface area (TPSA) is 121 Å². The quantitative estimate of drug-likeness (QED) is 0.267. The van der Waals surface area contributed by atoms with Crippen LogP contribution in [0.2, 0.25) is 0 Å². The highest BCUT2D eigenvalue weighted by molar-refractivity contribution is 5.91. The largest absolute Gasteiger partial charge is 0.496 e. The van der Waals surface area contributed by atoms with E-state index in [1.807, 2.05) is 39.8 Å². The minimum atomic E-state index is -3.20. The molecule has 0 spiro atoms. The number of aromatic nitrogens is 2. The van der Waals surface area contributed by atoms with Crippen LogP contribution in [0.3, 0.4) is 0 Å². The lowest BCUT2D eigenvalue weighted by atomic mass is 9.83. The van der Waals surface area contributed by atoms with Crippen molar-refractivity contribution in [2.75, 3.05) is 52.1 Å². The molecule has 1 amide bonds. The average Bonchev–Trinajstić information content (AvgIpc) is 2.95. The zero-order chi connectivity index (χ0) is 32.4. The van der Waals surface area contributed by atoms with E-state index in [-0.39, 0.29) is 17.3 Å². The Balaban J connectivity index is 1.70. The first-order chi connectivity index (χ1) is 20.6. The number of amides is 1. The molecule has 0 saturated carbocycles. The van der Waals surface area contributed by atoms with E-state index in [1.165, 1.54) is 19.2 Å². The molecule has 1 aliphatic rings. The van der Waals surface area contributed by atoms with E-state index in [4.69, 9.17) is 24.7 Å². The van der Waals surface area contributed by atoms with Crippen LogP contribution in [0.25, 0.3) is 10.9 Å². The third-order valence-electron chi connectivity index (χ3n) is 7.81. The number of nitrogens with zero attached hydrogens (tertiary/aromatic N) is 3. The molecule has 2 heterocycles. The van der Waals surface area contributed by atoms with Crippen molar-refractivity contribution in [1.82, 2.24) is 14.9 Å². The smallest absolute Gasteiger partial charge is 0.410 e. The number of aryl methyl sites for hydroxylation is 1. The number of benzene rings is 2. The predicted octanol–water partition coefficient (Wildman–Crippen LogP) is 6.31. The lowest BCUT2D eigenvalue weighted by Gasteiger charge is -2.42. The summed E-state index contributed by atoms with van der Waals surface area (Å²) in [4.78, 5) is 23.7. The van der Waals surface area contributed by atoms with Crippen molar-refractivity contribution >= 4 is 28.5 Å². The molecule has 3 aromatic rings. The molecule has 1 aliphatic heterocycles. The first kappa shape index (κ1) is 33.1. The summed E-state index contributed by atoms with van der Waals surface area (Å²) in [6, 6.07) is 7.71. The fraction of sp³-hybridized carbons (Fsp3) is 0.531. The summed E-state index contributed by atoms with van der Waals surface area (Å²) in [6.45, 7) is 9.26. The molecule has 2 aromatic carbocycles. The SMILES string of the molecule is COCC(F)(F)c1cc(N)cc([C@@H](C)Nc2nc(C)nc3cc(OC)c(C4(OC)CCN(C(=O)OC(C)(C)C)CC4)cc23)c1. The second-order valence-corrected chi connectivity index (χ2v) is 12.2. The maximum absolute atomic E-state index is 14.7. The Kier molecular flexibility index (Phi) is 9.55. The fourth-order valence-electron chi connectivity index (χ4n) is 5.56. The number of nitrogens with two attached hydrogens (primary N) is 1. The minimum absolute atomic E-state index is 0.220. The number of piperidine rings is 1. The third-order valence-corrected chi connectivity index (χ3v) is 7.81. The number of hydrogen-bond donors (Lipinski definition) is 2.